The molecular formula is C26H30N8OS. The molecular weight excluding hydrogens is 472 g/mol. The van der Waals surface area contributed by atoms with Gasteiger partial charge in [0.2, 0.25) is 0 Å². The quantitative estimate of drug-likeness (QED) is 0.338. The highest BCUT2D eigenvalue weighted by Gasteiger charge is 2.30. The second-order valence-corrected chi connectivity index (χ2v) is 10.1. The molecule has 9 nitrogen and oxygen atoms in total. The third-order valence-electron chi connectivity index (χ3n) is 6.67. The molecule has 4 aromatic rings. The van der Waals surface area contributed by atoms with E-state index in [-0.39, 0.29) is 17.4 Å². The standard InChI is InChI=1S/C26H30N8OS/c1-6-14(2)34-25-21(32-24(26(34)35)28-12-17-7-10-19(36-5)27-11-17)16(4)31-23(33-25)20-15(3)29-13-30-22(20)18-8-9-18/h7,10-11,13-14,18H,6,8-9,12H2,1-5H3,(H,28,32)/t14-/m1/s1. The lowest BCUT2D eigenvalue weighted by Gasteiger charge is -2.19. The molecule has 10 heteroatoms. The van der Waals surface area contributed by atoms with E-state index in [4.69, 9.17) is 15.0 Å². The smallest absolute Gasteiger partial charge is 0.295 e. The molecule has 4 aromatic heterocycles. The van der Waals surface area contributed by atoms with E-state index >= 15 is 0 Å². The Labute approximate surface area is 214 Å². The van der Waals surface area contributed by atoms with Crippen molar-refractivity contribution in [1.82, 2.24) is 34.5 Å². The predicted molar refractivity (Wildman–Crippen MR) is 142 cm³/mol. The topological polar surface area (TPSA) is 111 Å². The van der Waals surface area contributed by atoms with E-state index in [9.17, 15) is 4.79 Å². The third kappa shape index (κ3) is 4.57. The van der Waals surface area contributed by atoms with Crippen molar-refractivity contribution in [3.05, 3.63) is 57.7 Å². The summed E-state index contributed by atoms with van der Waals surface area (Å²) in [4.78, 5) is 41.5. The summed E-state index contributed by atoms with van der Waals surface area (Å²) in [5.41, 5.74) is 5.35. The fourth-order valence-electron chi connectivity index (χ4n) is 4.30. The number of nitrogens with zero attached hydrogens (tertiary/aromatic N) is 7. The first-order valence-corrected chi connectivity index (χ1v) is 13.5. The van der Waals surface area contributed by atoms with Crippen LogP contribution in [0.1, 0.15) is 67.7 Å². The molecule has 186 valence electrons. The summed E-state index contributed by atoms with van der Waals surface area (Å²) in [7, 11) is 0. The van der Waals surface area contributed by atoms with Crippen LogP contribution in [-0.4, -0.2) is 40.7 Å². The zero-order valence-corrected chi connectivity index (χ0v) is 22.1. The number of pyridine rings is 1. The summed E-state index contributed by atoms with van der Waals surface area (Å²) in [5, 5.41) is 4.18. The Morgan fingerprint density at radius 1 is 1.11 bits per heavy atom. The Kier molecular flexibility index (Phi) is 6.70. The number of aryl methyl sites for hydroxylation is 2. The lowest BCUT2D eigenvalue weighted by molar-refractivity contribution is 0.526. The Bertz CT molecular complexity index is 1480. The van der Waals surface area contributed by atoms with Crippen molar-refractivity contribution in [1.29, 1.82) is 0 Å². The van der Waals surface area contributed by atoms with Crippen LogP contribution in [0.15, 0.2) is 34.5 Å². The summed E-state index contributed by atoms with van der Waals surface area (Å²) in [5.74, 6) is 1.26. The minimum Gasteiger partial charge on any atom is -0.361 e. The Hall–Kier alpha value is -3.40. The molecule has 1 N–H and O–H groups in total. The van der Waals surface area contributed by atoms with Gasteiger partial charge in [0.05, 0.1) is 27.7 Å². The van der Waals surface area contributed by atoms with E-state index in [1.807, 2.05) is 45.4 Å². The second-order valence-electron chi connectivity index (χ2n) is 9.25. The highest BCUT2D eigenvalue weighted by atomic mass is 32.2. The number of nitrogens with one attached hydrogen (secondary N) is 1. The van der Waals surface area contributed by atoms with Gasteiger partial charge in [-0.2, -0.15) is 0 Å². The van der Waals surface area contributed by atoms with Crippen LogP contribution >= 0.6 is 11.8 Å². The third-order valence-corrected chi connectivity index (χ3v) is 7.32. The molecule has 1 aliphatic carbocycles. The van der Waals surface area contributed by atoms with E-state index in [0.29, 0.717) is 35.1 Å². The van der Waals surface area contributed by atoms with Crippen LogP contribution in [-0.2, 0) is 6.54 Å². The van der Waals surface area contributed by atoms with Crippen molar-refractivity contribution in [2.75, 3.05) is 11.6 Å². The minimum atomic E-state index is -0.196. The van der Waals surface area contributed by atoms with E-state index < -0.39 is 0 Å². The molecule has 1 saturated carbocycles. The van der Waals surface area contributed by atoms with E-state index in [1.165, 1.54) is 0 Å². The van der Waals surface area contributed by atoms with E-state index in [1.54, 1.807) is 22.7 Å². The number of hydrogen-bond donors (Lipinski definition) is 1. The number of rotatable bonds is 8. The maximum Gasteiger partial charge on any atom is 0.295 e. The number of thioether (sulfide) groups is 1. The normalized spacial score (nSPS) is 14.2. The highest BCUT2D eigenvalue weighted by Crippen LogP contribution is 2.43. The van der Waals surface area contributed by atoms with Gasteiger partial charge < -0.3 is 5.32 Å². The molecule has 5 rings (SSSR count). The zero-order valence-electron chi connectivity index (χ0n) is 21.2. The molecule has 4 heterocycles. The molecule has 36 heavy (non-hydrogen) atoms. The van der Waals surface area contributed by atoms with Gasteiger partial charge in [0.25, 0.3) is 5.56 Å². The van der Waals surface area contributed by atoms with Crippen LogP contribution in [0.4, 0.5) is 5.82 Å². The molecule has 1 fully saturated rings. The van der Waals surface area contributed by atoms with Crippen molar-refractivity contribution in [2.45, 2.75) is 70.5 Å². The van der Waals surface area contributed by atoms with Crippen LogP contribution in [0.3, 0.4) is 0 Å². The van der Waals surface area contributed by atoms with Gasteiger partial charge in [-0.05, 0) is 57.9 Å². The Morgan fingerprint density at radius 2 is 1.92 bits per heavy atom. The molecule has 0 unspecified atom stereocenters. The van der Waals surface area contributed by atoms with Gasteiger partial charge in [0.1, 0.15) is 11.8 Å². The van der Waals surface area contributed by atoms with Crippen molar-refractivity contribution in [3.8, 4) is 11.4 Å². The van der Waals surface area contributed by atoms with Crippen LogP contribution in [0.5, 0.6) is 0 Å². The molecule has 0 radical (unpaired) electrons. The maximum atomic E-state index is 13.7. The zero-order chi connectivity index (χ0) is 25.4. The van der Waals surface area contributed by atoms with Crippen molar-refractivity contribution >= 4 is 28.7 Å². The number of hydrogen-bond acceptors (Lipinski definition) is 9. The van der Waals surface area contributed by atoms with Gasteiger partial charge in [0, 0.05) is 24.7 Å². The second kappa shape index (κ2) is 9.93. The van der Waals surface area contributed by atoms with Crippen LogP contribution < -0.4 is 10.9 Å². The molecule has 0 aromatic carbocycles. The highest BCUT2D eigenvalue weighted by molar-refractivity contribution is 7.98. The first kappa shape index (κ1) is 24.3. The predicted octanol–water partition coefficient (Wildman–Crippen LogP) is 4.84. The van der Waals surface area contributed by atoms with Gasteiger partial charge in [-0.25, -0.2) is 29.9 Å². The summed E-state index contributed by atoms with van der Waals surface area (Å²) in [6.45, 7) is 8.40. The van der Waals surface area contributed by atoms with Crippen LogP contribution in [0.25, 0.3) is 22.6 Å². The van der Waals surface area contributed by atoms with Crippen molar-refractivity contribution < 1.29 is 0 Å². The lowest BCUT2D eigenvalue weighted by Crippen LogP contribution is -2.28. The minimum absolute atomic E-state index is 0.0655. The summed E-state index contributed by atoms with van der Waals surface area (Å²) in [6.07, 6.45) is 8.41. The average molecular weight is 503 g/mol. The van der Waals surface area contributed by atoms with Crippen molar-refractivity contribution in [2.24, 2.45) is 0 Å². The number of aromatic nitrogens is 7. The van der Waals surface area contributed by atoms with Crippen LogP contribution in [0.2, 0.25) is 0 Å². The summed E-state index contributed by atoms with van der Waals surface area (Å²) >= 11 is 1.59. The van der Waals surface area contributed by atoms with Gasteiger partial charge >= 0.3 is 0 Å². The SMILES string of the molecule is CC[C@@H](C)n1c(=O)c(NCc2ccc(SC)nc2)nc2c(C)nc(-c3c(C)ncnc3C3CC3)nc21. The Morgan fingerprint density at radius 3 is 2.58 bits per heavy atom. The summed E-state index contributed by atoms with van der Waals surface area (Å²) in [6, 6.07) is 3.91. The number of anilines is 1. The molecule has 0 bridgehead atoms. The van der Waals surface area contributed by atoms with E-state index in [0.717, 1.165) is 46.8 Å². The van der Waals surface area contributed by atoms with Crippen molar-refractivity contribution in [3.63, 3.8) is 0 Å². The Balaban J connectivity index is 1.62. The fourth-order valence-corrected chi connectivity index (χ4v) is 4.66. The lowest BCUT2D eigenvalue weighted by atomic mass is 10.1. The van der Waals surface area contributed by atoms with Gasteiger partial charge in [0.15, 0.2) is 17.3 Å². The summed E-state index contributed by atoms with van der Waals surface area (Å²) < 4.78 is 1.74. The molecule has 1 atom stereocenters. The van der Waals surface area contributed by atoms with Crippen LogP contribution in [0, 0.1) is 13.8 Å². The molecule has 1 aliphatic rings. The van der Waals surface area contributed by atoms with Gasteiger partial charge in [-0.15, -0.1) is 11.8 Å². The van der Waals surface area contributed by atoms with Gasteiger partial charge in [-0.1, -0.05) is 13.0 Å². The molecule has 0 saturated heterocycles. The molecule has 0 aliphatic heterocycles. The fraction of sp³-hybridized carbons (Fsp3) is 0.423. The number of fused-ring (bicyclic) bond motifs is 1. The average Bonchev–Trinajstić information content (AvgIpc) is 3.73. The van der Waals surface area contributed by atoms with E-state index in [2.05, 4.69) is 27.2 Å². The molecule has 0 amide bonds. The first-order chi connectivity index (χ1) is 17.4. The largest absolute Gasteiger partial charge is 0.361 e. The monoisotopic (exact) mass is 502 g/mol. The first-order valence-electron chi connectivity index (χ1n) is 12.3. The van der Waals surface area contributed by atoms with Gasteiger partial charge in [-0.3, -0.25) is 9.36 Å². The maximum absolute atomic E-state index is 13.7. The molecule has 0 spiro atoms.